The van der Waals surface area contributed by atoms with Crippen molar-refractivity contribution in [3.63, 3.8) is 0 Å². The minimum atomic E-state index is -1.19. The maximum absolute atomic E-state index is 11.7. The van der Waals surface area contributed by atoms with Gasteiger partial charge in [-0.3, -0.25) is 19.1 Å². The van der Waals surface area contributed by atoms with Gasteiger partial charge < -0.3 is 0 Å². The van der Waals surface area contributed by atoms with Crippen LogP contribution in [0.1, 0.15) is 23.7 Å². The van der Waals surface area contributed by atoms with Crippen LogP contribution in [0.3, 0.4) is 0 Å². The van der Waals surface area contributed by atoms with Crippen molar-refractivity contribution >= 4 is 22.3 Å². The summed E-state index contributed by atoms with van der Waals surface area (Å²) < 4.78 is 11.4. The summed E-state index contributed by atoms with van der Waals surface area (Å²) in [4.78, 5) is 21.7. The van der Waals surface area contributed by atoms with Crippen LogP contribution in [-0.2, 0) is 10.8 Å². The lowest BCUT2D eigenvalue weighted by Crippen LogP contribution is -2.13. The zero-order valence-electron chi connectivity index (χ0n) is 9.42. The fourth-order valence-corrected chi connectivity index (χ4v) is 2.38. The van der Waals surface area contributed by atoms with Crippen LogP contribution in [0.2, 0.25) is 0 Å². The van der Waals surface area contributed by atoms with Crippen LogP contribution in [0.4, 0.5) is 5.69 Å². The molecule has 6 heteroatoms. The number of nitro benzene ring substituents is 1. The number of hydrogen-bond donors (Lipinski definition) is 0. The molecule has 0 N–H and O–H groups in total. The summed E-state index contributed by atoms with van der Waals surface area (Å²) in [7, 11) is -1.19. The average molecular weight is 255 g/mol. The second-order valence-corrected chi connectivity index (χ2v) is 5.10. The minimum absolute atomic E-state index is 0.0744. The van der Waals surface area contributed by atoms with Crippen LogP contribution in [0.25, 0.3) is 0 Å². The SMILES string of the molecule is CCCS(=O)CC(=O)c1cccc([N+](=O)[O-])c1. The molecule has 0 radical (unpaired) electrons. The van der Waals surface area contributed by atoms with E-state index in [4.69, 9.17) is 0 Å². The van der Waals surface area contributed by atoms with Gasteiger partial charge in [0, 0.05) is 34.2 Å². The Labute approximate surface area is 101 Å². The van der Waals surface area contributed by atoms with Crippen LogP contribution in [-0.4, -0.2) is 26.4 Å². The molecular weight excluding hydrogens is 242 g/mol. The highest BCUT2D eigenvalue weighted by Crippen LogP contribution is 2.13. The van der Waals surface area contributed by atoms with Gasteiger partial charge in [0.1, 0.15) is 0 Å². The predicted octanol–water partition coefficient (Wildman–Crippen LogP) is 1.94. The first kappa shape index (κ1) is 13.5. The van der Waals surface area contributed by atoms with Gasteiger partial charge in [0.05, 0.1) is 10.7 Å². The molecule has 1 unspecified atom stereocenters. The second kappa shape index (κ2) is 6.24. The lowest BCUT2D eigenvalue weighted by molar-refractivity contribution is -0.384. The molecule has 0 aromatic heterocycles. The molecule has 1 rings (SSSR count). The monoisotopic (exact) mass is 255 g/mol. The van der Waals surface area contributed by atoms with Crippen LogP contribution in [0, 0.1) is 10.1 Å². The molecule has 17 heavy (non-hydrogen) atoms. The third kappa shape index (κ3) is 4.07. The smallest absolute Gasteiger partial charge is 0.270 e. The maximum atomic E-state index is 11.7. The van der Waals surface area contributed by atoms with Gasteiger partial charge in [-0.05, 0) is 6.42 Å². The third-order valence-electron chi connectivity index (χ3n) is 2.10. The third-order valence-corrected chi connectivity index (χ3v) is 3.55. The van der Waals surface area contributed by atoms with Crippen LogP contribution < -0.4 is 0 Å². The maximum Gasteiger partial charge on any atom is 0.270 e. The van der Waals surface area contributed by atoms with E-state index >= 15 is 0 Å². The molecule has 1 aromatic rings. The van der Waals surface area contributed by atoms with Crippen molar-refractivity contribution in [2.45, 2.75) is 13.3 Å². The van der Waals surface area contributed by atoms with Crippen LogP contribution >= 0.6 is 0 Å². The normalized spacial score (nSPS) is 12.1. The average Bonchev–Trinajstić information content (AvgIpc) is 2.29. The largest absolute Gasteiger partial charge is 0.293 e. The summed E-state index contributed by atoms with van der Waals surface area (Å²) in [5.74, 6) is 0.0795. The van der Waals surface area contributed by atoms with Crippen molar-refractivity contribution < 1.29 is 13.9 Å². The van der Waals surface area contributed by atoms with E-state index in [0.29, 0.717) is 5.75 Å². The quantitative estimate of drug-likeness (QED) is 0.442. The predicted molar refractivity (Wildman–Crippen MR) is 65.6 cm³/mol. The number of carbonyl (C=O) groups is 1. The molecule has 1 aromatic carbocycles. The lowest BCUT2D eigenvalue weighted by Gasteiger charge is -2.00. The summed E-state index contributed by atoms with van der Waals surface area (Å²) in [5, 5.41) is 10.5. The lowest BCUT2D eigenvalue weighted by atomic mass is 10.1. The van der Waals surface area contributed by atoms with E-state index in [1.54, 1.807) is 0 Å². The van der Waals surface area contributed by atoms with Crippen LogP contribution in [0.5, 0.6) is 0 Å². The Hall–Kier alpha value is -1.56. The van der Waals surface area contributed by atoms with Gasteiger partial charge in [-0.25, -0.2) is 0 Å². The Morgan fingerprint density at radius 1 is 1.47 bits per heavy atom. The van der Waals surface area contributed by atoms with Crippen molar-refractivity contribution in [2.24, 2.45) is 0 Å². The van der Waals surface area contributed by atoms with E-state index in [0.717, 1.165) is 6.42 Å². The molecule has 0 fully saturated rings. The van der Waals surface area contributed by atoms with Gasteiger partial charge in [-0.1, -0.05) is 19.1 Å². The topological polar surface area (TPSA) is 77.3 Å². The molecule has 0 spiro atoms. The summed E-state index contributed by atoms with van der Waals surface area (Å²) in [6.07, 6.45) is 0.745. The van der Waals surface area contributed by atoms with Crippen molar-refractivity contribution in [3.8, 4) is 0 Å². The molecule has 5 nitrogen and oxygen atoms in total. The molecule has 92 valence electrons. The van der Waals surface area contributed by atoms with E-state index in [-0.39, 0.29) is 22.8 Å². The molecule has 0 saturated heterocycles. The number of non-ortho nitro benzene ring substituents is 1. The van der Waals surface area contributed by atoms with Crippen molar-refractivity contribution in [2.75, 3.05) is 11.5 Å². The van der Waals surface area contributed by atoms with Gasteiger partial charge in [0.2, 0.25) is 0 Å². The Bertz CT molecular complexity index is 459. The first-order valence-corrected chi connectivity index (χ1v) is 6.66. The Morgan fingerprint density at radius 2 is 2.18 bits per heavy atom. The number of ketones is 1. The number of carbonyl (C=O) groups excluding carboxylic acids is 1. The fourth-order valence-electron chi connectivity index (χ4n) is 1.32. The number of nitrogens with zero attached hydrogens (tertiary/aromatic N) is 1. The van der Waals surface area contributed by atoms with Crippen molar-refractivity contribution in [1.82, 2.24) is 0 Å². The second-order valence-electron chi connectivity index (χ2n) is 3.52. The number of nitro groups is 1. The molecule has 0 aliphatic carbocycles. The summed E-state index contributed by atoms with van der Waals surface area (Å²) in [5.41, 5.74) is 0.112. The van der Waals surface area contributed by atoms with E-state index in [1.807, 2.05) is 6.92 Å². The molecule has 0 saturated carbocycles. The van der Waals surface area contributed by atoms with E-state index in [1.165, 1.54) is 24.3 Å². The molecule has 0 aliphatic rings. The van der Waals surface area contributed by atoms with E-state index < -0.39 is 15.7 Å². The molecule has 0 amide bonds. The Morgan fingerprint density at radius 3 is 2.76 bits per heavy atom. The molecule has 0 aliphatic heterocycles. The molecule has 0 bridgehead atoms. The van der Waals surface area contributed by atoms with Gasteiger partial charge in [-0.15, -0.1) is 0 Å². The summed E-state index contributed by atoms with van der Waals surface area (Å²) in [6, 6.07) is 5.48. The summed E-state index contributed by atoms with van der Waals surface area (Å²) >= 11 is 0. The number of hydrogen-bond acceptors (Lipinski definition) is 4. The highest BCUT2D eigenvalue weighted by Gasteiger charge is 2.13. The highest BCUT2D eigenvalue weighted by molar-refractivity contribution is 7.85. The van der Waals surface area contributed by atoms with Gasteiger partial charge in [0.25, 0.3) is 5.69 Å². The Balaban J connectivity index is 2.79. The van der Waals surface area contributed by atoms with E-state index in [2.05, 4.69) is 0 Å². The number of Topliss-reactive ketones (excluding diaryl/α,β-unsaturated/α-hetero) is 1. The van der Waals surface area contributed by atoms with Gasteiger partial charge in [-0.2, -0.15) is 0 Å². The standard InChI is InChI=1S/C11H13NO4S/c1-2-6-17(16)8-11(13)9-4-3-5-10(7-9)12(14)15/h3-5,7H,2,6,8H2,1H3. The Kier molecular flexibility index (Phi) is 4.96. The minimum Gasteiger partial charge on any atom is -0.293 e. The van der Waals surface area contributed by atoms with Gasteiger partial charge in [0.15, 0.2) is 5.78 Å². The van der Waals surface area contributed by atoms with E-state index in [9.17, 15) is 19.1 Å². The number of benzene rings is 1. The number of rotatable bonds is 6. The fraction of sp³-hybridized carbons (Fsp3) is 0.364. The first-order chi connectivity index (χ1) is 8.04. The van der Waals surface area contributed by atoms with Crippen LogP contribution in [0.15, 0.2) is 24.3 Å². The molecule has 1 atom stereocenters. The molecule has 0 heterocycles. The highest BCUT2D eigenvalue weighted by atomic mass is 32.2. The zero-order valence-corrected chi connectivity index (χ0v) is 10.2. The molecular formula is C11H13NO4S. The van der Waals surface area contributed by atoms with Gasteiger partial charge >= 0.3 is 0 Å². The van der Waals surface area contributed by atoms with Crippen molar-refractivity contribution in [3.05, 3.63) is 39.9 Å². The zero-order chi connectivity index (χ0) is 12.8. The van der Waals surface area contributed by atoms with Crippen molar-refractivity contribution in [1.29, 1.82) is 0 Å². The summed E-state index contributed by atoms with van der Waals surface area (Å²) in [6.45, 7) is 1.88. The first-order valence-electron chi connectivity index (χ1n) is 5.17.